The van der Waals surface area contributed by atoms with Crippen molar-refractivity contribution in [2.45, 2.75) is 24.7 Å². The number of anilines is 3. The number of hydrogen-bond donors (Lipinski definition) is 2. The van der Waals surface area contributed by atoms with Crippen LogP contribution in [-0.4, -0.2) is 34.5 Å². The molecular weight excluding hydrogens is 440 g/mol. The summed E-state index contributed by atoms with van der Waals surface area (Å²) in [6.45, 7) is 2.70. The summed E-state index contributed by atoms with van der Waals surface area (Å²) in [5, 5.41) is 3.18. The molecule has 10 heteroatoms. The summed E-state index contributed by atoms with van der Waals surface area (Å²) in [7, 11) is -3.71. The first kappa shape index (κ1) is 22.3. The van der Waals surface area contributed by atoms with Crippen molar-refractivity contribution >= 4 is 27.2 Å². The monoisotopic (exact) mass is 464 g/mol. The number of hydrogen-bond acceptors (Lipinski definition) is 7. The van der Waals surface area contributed by atoms with Crippen LogP contribution < -0.4 is 14.8 Å². The topological polar surface area (TPSA) is 111 Å². The van der Waals surface area contributed by atoms with Gasteiger partial charge in [-0.25, -0.2) is 23.4 Å². The Morgan fingerprint density at radius 1 is 1.00 bits per heavy atom. The van der Waals surface area contributed by atoms with Crippen molar-refractivity contribution in [3.05, 3.63) is 79.6 Å². The molecule has 0 saturated heterocycles. The summed E-state index contributed by atoms with van der Waals surface area (Å²) >= 11 is 0. The Balaban J connectivity index is 1.39. The Bertz CT molecular complexity index is 1270. The van der Waals surface area contributed by atoms with Crippen LogP contribution in [0, 0.1) is 0 Å². The molecule has 0 atom stereocenters. The van der Waals surface area contributed by atoms with Gasteiger partial charge < -0.3 is 10.1 Å². The molecule has 2 N–H and O–H groups in total. The minimum atomic E-state index is -3.71. The van der Waals surface area contributed by atoms with E-state index in [1.54, 1.807) is 65.8 Å². The van der Waals surface area contributed by atoms with Crippen molar-refractivity contribution < 1.29 is 13.2 Å². The summed E-state index contributed by atoms with van der Waals surface area (Å²) in [6, 6.07) is 15.1. The molecule has 0 radical (unpaired) electrons. The van der Waals surface area contributed by atoms with Crippen LogP contribution >= 0.6 is 0 Å². The maximum atomic E-state index is 12.7. The number of nitrogens with one attached hydrogen (secondary N) is 2. The quantitative estimate of drug-likeness (QED) is 0.335. The molecule has 0 saturated carbocycles. The minimum Gasteiger partial charge on any atom is -0.494 e. The van der Waals surface area contributed by atoms with E-state index >= 15 is 0 Å². The maximum absolute atomic E-state index is 12.7. The largest absolute Gasteiger partial charge is 0.494 e. The van der Waals surface area contributed by atoms with E-state index in [4.69, 9.17) is 4.74 Å². The molecule has 0 spiro atoms. The van der Waals surface area contributed by atoms with Crippen molar-refractivity contribution in [2.75, 3.05) is 16.6 Å². The highest BCUT2D eigenvalue weighted by atomic mass is 32.2. The zero-order valence-corrected chi connectivity index (χ0v) is 18.9. The van der Waals surface area contributed by atoms with E-state index in [0.29, 0.717) is 29.7 Å². The van der Waals surface area contributed by atoms with Gasteiger partial charge in [0.25, 0.3) is 10.0 Å². The Hall–Kier alpha value is -3.92. The molecule has 0 bridgehead atoms. The van der Waals surface area contributed by atoms with Crippen LogP contribution in [0.2, 0.25) is 0 Å². The molecular formula is C23H24N6O3S. The average Bonchev–Trinajstić information content (AvgIpc) is 3.36. The molecule has 2 aromatic carbocycles. The number of benzene rings is 2. The van der Waals surface area contributed by atoms with Crippen LogP contribution in [0.15, 0.2) is 84.5 Å². The van der Waals surface area contributed by atoms with Gasteiger partial charge in [0.15, 0.2) is 0 Å². The van der Waals surface area contributed by atoms with Gasteiger partial charge in [-0.1, -0.05) is 13.3 Å². The van der Waals surface area contributed by atoms with Gasteiger partial charge in [0, 0.05) is 29.8 Å². The predicted molar refractivity (Wildman–Crippen MR) is 127 cm³/mol. The number of ether oxygens (including phenoxy) is 1. The Labute approximate surface area is 192 Å². The fourth-order valence-electron chi connectivity index (χ4n) is 2.98. The van der Waals surface area contributed by atoms with Crippen LogP contribution in [0.3, 0.4) is 0 Å². The lowest BCUT2D eigenvalue weighted by molar-refractivity contribution is 0.309. The number of imidazole rings is 1. The molecule has 9 nitrogen and oxygen atoms in total. The van der Waals surface area contributed by atoms with Crippen molar-refractivity contribution in [1.82, 2.24) is 19.5 Å². The lowest BCUT2D eigenvalue weighted by Crippen LogP contribution is -2.12. The molecule has 33 heavy (non-hydrogen) atoms. The highest BCUT2D eigenvalue weighted by molar-refractivity contribution is 7.92. The van der Waals surface area contributed by atoms with Crippen LogP contribution in [0.25, 0.3) is 5.82 Å². The van der Waals surface area contributed by atoms with E-state index < -0.39 is 10.0 Å². The molecule has 170 valence electrons. The number of unbranched alkanes of at least 4 members (excludes halogenated alkanes) is 1. The summed E-state index contributed by atoms with van der Waals surface area (Å²) < 4.78 is 35.4. The fourth-order valence-corrected chi connectivity index (χ4v) is 4.04. The first-order valence-corrected chi connectivity index (χ1v) is 11.9. The first-order chi connectivity index (χ1) is 16.0. The summed E-state index contributed by atoms with van der Waals surface area (Å²) in [5.74, 6) is 1.93. The molecule has 0 aliphatic rings. The molecule has 4 rings (SSSR count). The molecule has 0 unspecified atom stereocenters. The average molecular weight is 465 g/mol. The van der Waals surface area contributed by atoms with Gasteiger partial charge in [-0.05, 0) is 55.0 Å². The molecule has 0 aliphatic heterocycles. The third-order valence-electron chi connectivity index (χ3n) is 4.73. The van der Waals surface area contributed by atoms with Crippen molar-refractivity contribution in [2.24, 2.45) is 0 Å². The molecule has 2 heterocycles. The second kappa shape index (κ2) is 10.1. The normalized spacial score (nSPS) is 11.2. The van der Waals surface area contributed by atoms with E-state index in [9.17, 15) is 8.42 Å². The van der Waals surface area contributed by atoms with E-state index in [-0.39, 0.29) is 4.90 Å². The van der Waals surface area contributed by atoms with Gasteiger partial charge in [-0.15, -0.1) is 0 Å². The second-order valence-corrected chi connectivity index (χ2v) is 8.90. The lowest BCUT2D eigenvalue weighted by Gasteiger charge is -2.11. The lowest BCUT2D eigenvalue weighted by atomic mass is 10.3. The van der Waals surface area contributed by atoms with Crippen LogP contribution in [0.5, 0.6) is 5.75 Å². The summed E-state index contributed by atoms with van der Waals surface area (Å²) in [6.07, 6.45) is 8.57. The van der Waals surface area contributed by atoms with Crippen molar-refractivity contribution in [1.29, 1.82) is 0 Å². The number of aromatic nitrogens is 4. The van der Waals surface area contributed by atoms with Crippen molar-refractivity contribution in [3.8, 4) is 11.6 Å². The first-order valence-electron chi connectivity index (χ1n) is 10.5. The fraction of sp³-hybridized carbons (Fsp3) is 0.174. The van der Waals surface area contributed by atoms with E-state index in [1.165, 1.54) is 18.5 Å². The zero-order valence-electron chi connectivity index (χ0n) is 18.0. The van der Waals surface area contributed by atoms with E-state index in [0.717, 1.165) is 18.5 Å². The van der Waals surface area contributed by atoms with E-state index in [1.807, 2.05) is 0 Å². The third kappa shape index (κ3) is 5.86. The molecule has 4 aromatic rings. The number of sulfonamides is 1. The second-order valence-electron chi connectivity index (χ2n) is 7.21. The minimum absolute atomic E-state index is 0.167. The van der Waals surface area contributed by atoms with Gasteiger partial charge in [-0.3, -0.25) is 9.29 Å². The molecule has 0 amide bonds. The van der Waals surface area contributed by atoms with Gasteiger partial charge in [0.1, 0.15) is 30.0 Å². The van der Waals surface area contributed by atoms with Gasteiger partial charge in [0.05, 0.1) is 11.5 Å². The Morgan fingerprint density at radius 2 is 1.76 bits per heavy atom. The van der Waals surface area contributed by atoms with Crippen LogP contribution in [0.1, 0.15) is 19.8 Å². The van der Waals surface area contributed by atoms with Crippen LogP contribution in [-0.2, 0) is 10.0 Å². The standard InChI is InChI=1S/C23H24N6O3S/c1-2-3-14-32-20-8-10-21(11-9-20)33(30,31)28-19-6-4-18(5-7-19)27-22-15-23(26-16-25-22)29-13-12-24-17-29/h4-13,15-17,28H,2-3,14H2,1H3,(H,25,26,27). The third-order valence-corrected chi connectivity index (χ3v) is 6.13. The zero-order chi connectivity index (χ0) is 23.1. The highest BCUT2D eigenvalue weighted by Crippen LogP contribution is 2.22. The van der Waals surface area contributed by atoms with E-state index in [2.05, 4.69) is 31.9 Å². The molecule has 0 aliphatic carbocycles. The highest BCUT2D eigenvalue weighted by Gasteiger charge is 2.14. The SMILES string of the molecule is CCCCOc1ccc(S(=O)(=O)Nc2ccc(Nc3cc(-n4ccnc4)ncn3)cc2)cc1. The summed E-state index contributed by atoms with van der Waals surface area (Å²) in [4.78, 5) is 12.6. The molecule has 0 fully saturated rings. The molecule has 2 aromatic heterocycles. The van der Waals surface area contributed by atoms with Gasteiger partial charge in [0.2, 0.25) is 0 Å². The number of rotatable bonds is 10. The Morgan fingerprint density at radius 3 is 2.45 bits per heavy atom. The smallest absolute Gasteiger partial charge is 0.261 e. The Kier molecular flexibility index (Phi) is 6.84. The van der Waals surface area contributed by atoms with Crippen LogP contribution in [0.4, 0.5) is 17.2 Å². The summed E-state index contributed by atoms with van der Waals surface area (Å²) in [5.41, 5.74) is 1.20. The maximum Gasteiger partial charge on any atom is 0.261 e. The van der Waals surface area contributed by atoms with Crippen molar-refractivity contribution in [3.63, 3.8) is 0 Å². The van der Waals surface area contributed by atoms with Gasteiger partial charge >= 0.3 is 0 Å². The number of nitrogens with zero attached hydrogens (tertiary/aromatic N) is 4. The predicted octanol–water partition coefficient (Wildman–Crippen LogP) is 4.39. The van der Waals surface area contributed by atoms with Gasteiger partial charge in [-0.2, -0.15) is 0 Å².